The number of rotatable bonds is 29. The Kier molecular flexibility index (Phi) is 22.0. The van der Waals surface area contributed by atoms with Gasteiger partial charge in [0.1, 0.15) is 35.3 Å². The zero-order chi connectivity index (χ0) is 61.4. The summed E-state index contributed by atoms with van der Waals surface area (Å²) >= 11 is 0. The van der Waals surface area contributed by atoms with Crippen molar-refractivity contribution in [2.45, 2.75) is 129 Å². The molecule has 85 heavy (non-hydrogen) atoms. The standard InChI is InChI=1S/C62H77N7O16/c1-12-45(42-34-50(78-9)56(80-11)51(35-42)79-10)58(73)68-30-14-13-18-46(68)59(74)84-47(25-19-39-20-26-48(76-7)49(32-39)77-8)41-16-15-17-44(33-41)81-37-53(70)63-36-52(83-43-23-21-40(22-24-43)57-66-64-38(2)65-67-57)62(5,6)82-31-29-61(3,4)60(75)85-69-54(71)27-28-55(69)72/h15-17,20-24,26,32-35,45-47,52H,12-14,18-19,25,27-31,36-37H2,1-11H3,(H,63,70)/t45-,46-,47+,52?/m0/s1. The molecule has 1 N–H and O–H groups in total. The van der Waals surface area contributed by atoms with Crippen LogP contribution in [0.5, 0.6) is 40.2 Å². The third kappa shape index (κ3) is 16.4. The van der Waals surface area contributed by atoms with Gasteiger partial charge in [0.25, 0.3) is 17.7 Å². The molecule has 23 heteroatoms. The number of hydroxylamine groups is 2. The molecule has 0 bridgehead atoms. The number of likely N-dealkylation sites (tertiary alicyclic amines) is 1. The molecule has 0 spiro atoms. The second-order valence-electron chi connectivity index (χ2n) is 21.7. The van der Waals surface area contributed by atoms with E-state index in [2.05, 4.69) is 25.7 Å². The molecule has 1 aromatic heterocycles. The molecule has 2 aliphatic heterocycles. The maximum atomic E-state index is 14.7. The molecule has 5 aromatic rings. The predicted octanol–water partition coefficient (Wildman–Crippen LogP) is 7.84. The molecule has 7 rings (SSSR count). The van der Waals surface area contributed by atoms with Gasteiger partial charge in [-0.25, -0.2) is 9.59 Å². The fourth-order valence-electron chi connectivity index (χ4n) is 9.85. The normalized spacial score (nSPS) is 15.5. The second-order valence-corrected chi connectivity index (χ2v) is 21.7. The van der Waals surface area contributed by atoms with Gasteiger partial charge in [-0.1, -0.05) is 25.1 Å². The van der Waals surface area contributed by atoms with Crippen LogP contribution in [0.4, 0.5) is 0 Å². The number of nitrogens with zero attached hydrogens (tertiary/aromatic N) is 6. The van der Waals surface area contributed by atoms with E-state index >= 15 is 0 Å². The largest absolute Gasteiger partial charge is 0.493 e. The summed E-state index contributed by atoms with van der Waals surface area (Å²) in [5.41, 5.74) is 0.511. The highest BCUT2D eigenvalue weighted by molar-refractivity contribution is 6.01. The lowest BCUT2D eigenvalue weighted by Crippen LogP contribution is -2.51. The summed E-state index contributed by atoms with van der Waals surface area (Å²) < 4.78 is 53.4. The Morgan fingerprint density at radius 3 is 2.05 bits per heavy atom. The first-order chi connectivity index (χ1) is 40.7. The number of ether oxygens (including phenoxy) is 9. The number of methoxy groups -OCH3 is 5. The van der Waals surface area contributed by atoms with Crippen molar-refractivity contribution in [1.82, 2.24) is 35.7 Å². The monoisotopic (exact) mass is 1180 g/mol. The number of hydrogen-bond acceptors (Lipinski definition) is 20. The van der Waals surface area contributed by atoms with E-state index in [4.69, 9.17) is 47.5 Å². The minimum Gasteiger partial charge on any atom is -0.493 e. The van der Waals surface area contributed by atoms with Crippen LogP contribution in [-0.2, 0) is 49.5 Å². The summed E-state index contributed by atoms with van der Waals surface area (Å²) in [6, 6.07) is 22.1. The highest BCUT2D eigenvalue weighted by atomic mass is 16.7. The second kappa shape index (κ2) is 29.3. The molecule has 0 radical (unpaired) electrons. The minimum absolute atomic E-state index is 0.0194. The van der Waals surface area contributed by atoms with Crippen molar-refractivity contribution in [3.63, 3.8) is 0 Å². The van der Waals surface area contributed by atoms with Crippen LogP contribution in [0.25, 0.3) is 11.4 Å². The van der Waals surface area contributed by atoms with Crippen LogP contribution in [0.15, 0.2) is 78.9 Å². The molecule has 456 valence electrons. The number of aryl methyl sites for hydroxylation is 2. The molecule has 3 heterocycles. The van der Waals surface area contributed by atoms with E-state index < -0.39 is 71.5 Å². The van der Waals surface area contributed by atoms with E-state index in [9.17, 15) is 28.8 Å². The van der Waals surface area contributed by atoms with Gasteiger partial charge in [0, 0.05) is 31.6 Å². The molecule has 4 amide bonds. The first-order valence-electron chi connectivity index (χ1n) is 28.3. The van der Waals surface area contributed by atoms with Crippen molar-refractivity contribution in [2.75, 3.05) is 61.9 Å². The molecule has 2 saturated heterocycles. The number of nitrogens with one attached hydrogen (secondary N) is 1. The van der Waals surface area contributed by atoms with Gasteiger partial charge in [-0.15, -0.1) is 25.5 Å². The molecular weight excluding hydrogens is 1100 g/mol. The Morgan fingerprint density at radius 1 is 0.741 bits per heavy atom. The number of esters is 1. The number of carbonyl (C=O) groups is 6. The fourth-order valence-corrected chi connectivity index (χ4v) is 9.85. The highest BCUT2D eigenvalue weighted by Crippen LogP contribution is 2.42. The van der Waals surface area contributed by atoms with Gasteiger partial charge in [-0.2, -0.15) is 0 Å². The van der Waals surface area contributed by atoms with E-state index in [1.54, 1.807) is 108 Å². The molecule has 4 atom stereocenters. The smallest absolute Gasteiger partial charge is 0.338 e. The van der Waals surface area contributed by atoms with E-state index in [0.717, 1.165) is 5.56 Å². The van der Waals surface area contributed by atoms with E-state index in [1.165, 1.54) is 21.3 Å². The number of benzene rings is 4. The third-order valence-corrected chi connectivity index (χ3v) is 15.0. The number of imide groups is 1. The zero-order valence-electron chi connectivity index (χ0n) is 50.2. The van der Waals surface area contributed by atoms with Crippen LogP contribution in [0.3, 0.4) is 0 Å². The topological polar surface area (TPSA) is 265 Å². The summed E-state index contributed by atoms with van der Waals surface area (Å²) in [6.45, 7) is 10.3. The Labute approximate surface area is 495 Å². The van der Waals surface area contributed by atoms with Crippen molar-refractivity contribution in [1.29, 1.82) is 0 Å². The van der Waals surface area contributed by atoms with Gasteiger partial charge in [0.2, 0.25) is 17.5 Å². The highest BCUT2D eigenvalue weighted by Gasteiger charge is 2.41. The lowest BCUT2D eigenvalue weighted by atomic mass is 9.90. The summed E-state index contributed by atoms with van der Waals surface area (Å²) in [5, 5.41) is 19.6. The van der Waals surface area contributed by atoms with E-state index in [1.807, 2.05) is 31.2 Å². The molecule has 0 saturated carbocycles. The third-order valence-electron chi connectivity index (χ3n) is 15.0. The van der Waals surface area contributed by atoms with Gasteiger partial charge in [0.15, 0.2) is 35.4 Å². The fraction of sp³-hybridized carbons (Fsp3) is 0.484. The van der Waals surface area contributed by atoms with Gasteiger partial charge >= 0.3 is 11.9 Å². The minimum atomic E-state index is -1.16. The molecule has 1 unspecified atom stereocenters. The molecule has 2 fully saturated rings. The summed E-state index contributed by atoms with van der Waals surface area (Å²) in [4.78, 5) is 87.5. The maximum absolute atomic E-state index is 14.7. The maximum Gasteiger partial charge on any atom is 0.338 e. The molecule has 23 nitrogen and oxygen atoms in total. The molecular formula is C62H77N7O16. The Hall–Kier alpha value is -8.60. The summed E-state index contributed by atoms with van der Waals surface area (Å²) in [5.74, 6) is -0.0200. The molecule has 2 aliphatic rings. The average Bonchev–Trinajstić information content (AvgIpc) is 4.02. The molecule has 4 aromatic carbocycles. The number of hydrogen-bond donors (Lipinski definition) is 1. The zero-order valence-corrected chi connectivity index (χ0v) is 50.2. The van der Waals surface area contributed by atoms with Gasteiger partial charge in [0.05, 0.1) is 53.4 Å². The lowest BCUT2D eigenvalue weighted by molar-refractivity contribution is -0.205. The van der Waals surface area contributed by atoms with Gasteiger partial charge < -0.3 is 57.7 Å². The Bertz CT molecular complexity index is 3100. The Morgan fingerprint density at radius 2 is 1.41 bits per heavy atom. The van der Waals surface area contributed by atoms with Crippen LogP contribution in [0.2, 0.25) is 0 Å². The van der Waals surface area contributed by atoms with E-state index in [-0.39, 0.29) is 38.3 Å². The number of piperidine rings is 1. The van der Waals surface area contributed by atoms with Crippen molar-refractivity contribution in [3.05, 3.63) is 101 Å². The van der Waals surface area contributed by atoms with Gasteiger partial charge in [-0.3, -0.25) is 19.2 Å². The molecule has 0 aliphatic carbocycles. The predicted molar refractivity (Wildman–Crippen MR) is 308 cm³/mol. The van der Waals surface area contributed by atoms with Crippen LogP contribution in [0.1, 0.15) is 121 Å². The Balaban J connectivity index is 1.06. The number of carbonyl (C=O) groups excluding carboxylic acids is 6. The summed E-state index contributed by atoms with van der Waals surface area (Å²) in [7, 11) is 7.66. The van der Waals surface area contributed by atoms with E-state index in [0.29, 0.717) is 119 Å². The number of amides is 4. The van der Waals surface area contributed by atoms with Crippen LogP contribution in [0, 0.1) is 12.3 Å². The average molecular weight is 1180 g/mol. The van der Waals surface area contributed by atoms with Crippen molar-refractivity contribution in [3.8, 4) is 51.6 Å². The number of aromatic nitrogens is 4. The van der Waals surface area contributed by atoms with Gasteiger partial charge in [-0.05, 0) is 157 Å². The first-order valence-corrected chi connectivity index (χ1v) is 28.3. The SMILES string of the molecule is CC[C@H](C(=O)N1CCCC[C@H]1C(=O)O[C@H](CCc1ccc(OC)c(OC)c1)c1cccc(OCC(=O)NCC(Oc2ccc(-c3nnc(C)nn3)cc2)C(C)(C)OCCC(C)(C)C(=O)ON2C(=O)CCC2=O)c1)c1cc(OC)c(OC)c(OC)c1. The first kappa shape index (κ1) is 64.0. The summed E-state index contributed by atoms with van der Waals surface area (Å²) in [6.07, 6.45) is 1.45. The lowest BCUT2D eigenvalue weighted by Gasteiger charge is -2.37. The van der Waals surface area contributed by atoms with Crippen LogP contribution in [-0.4, -0.2) is 146 Å². The van der Waals surface area contributed by atoms with Crippen molar-refractivity contribution >= 4 is 35.6 Å². The van der Waals surface area contributed by atoms with Crippen molar-refractivity contribution in [2.24, 2.45) is 5.41 Å². The van der Waals surface area contributed by atoms with Crippen LogP contribution >= 0.6 is 0 Å². The van der Waals surface area contributed by atoms with Crippen molar-refractivity contribution < 1.29 is 76.2 Å². The quantitative estimate of drug-likeness (QED) is 0.0353. The van der Waals surface area contributed by atoms with Crippen LogP contribution < -0.4 is 38.5 Å².